The molecule has 9 saturated heterocycles. The predicted octanol–water partition coefficient (Wildman–Crippen LogP) is 0.761. The van der Waals surface area contributed by atoms with Gasteiger partial charge in [-0.15, -0.1) is 0 Å². The van der Waals surface area contributed by atoms with Crippen LogP contribution in [-0.2, 0) is 404 Å². The molecular formula is C36H60B9O24P6Y9. The largest absolute Gasteiger partial charge is 0.379 e. The van der Waals surface area contributed by atoms with E-state index in [1.807, 2.05) is 41.5 Å². The molecule has 0 N–H and O–H groups in total. The molecule has 9 heterocycles. The summed E-state index contributed by atoms with van der Waals surface area (Å²) < 4.78 is 172. The summed E-state index contributed by atoms with van der Waals surface area (Å²) in [5.41, 5.74) is 0. The smallest absolute Gasteiger partial charge is 0.319 e. The Morgan fingerprint density at radius 2 is 0.512 bits per heavy atom. The second-order valence-corrected chi connectivity index (χ2v) is 25.6. The van der Waals surface area contributed by atoms with Crippen molar-refractivity contribution in [2.45, 2.75) is 151 Å². The molecule has 9 rings (SSSR count). The summed E-state index contributed by atoms with van der Waals surface area (Å²) in [5.74, 6) is -1.17. The summed E-state index contributed by atoms with van der Waals surface area (Å²) in [6.07, 6.45) is -6.51. The molecule has 9 aliphatic rings. The summed E-state index contributed by atoms with van der Waals surface area (Å²) in [6, 6.07) is -3.46. The molecular weight excluding hydrogens is 1900 g/mol. The van der Waals surface area contributed by atoms with E-state index in [9.17, 15) is 27.4 Å². The van der Waals surface area contributed by atoms with E-state index in [2.05, 4.69) is 0 Å². The summed E-state index contributed by atoms with van der Waals surface area (Å²) in [5, 5.41) is 0. The van der Waals surface area contributed by atoms with Gasteiger partial charge in [0.1, 0.15) is 41.9 Å². The van der Waals surface area contributed by atoms with Crippen LogP contribution in [0.3, 0.4) is 0 Å². The number of fused-ring (bicyclic) bond motifs is 9. The Kier molecular flexibility index (Phi) is 58.9. The molecule has 9 aliphatic heterocycles. The number of ether oxygens (including phenoxy) is 6. The first-order valence-corrected chi connectivity index (χ1v) is 31.9. The molecule has 9 fully saturated rings. The van der Waals surface area contributed by atoms with Gasteiger partial charge in [-0.1, -0.05) is 41.5 Å². The minimum absolute atomic E-state index is 0. The van der Waals surface area contributed by atoms with E-state index in [1.54, 1.807) is 0 Å². The Bertz CT molecular complexity index is 2050. The van der Waals surface area contributed by atoms with Crippen LogP contribution in [0.2, 0.25) is 0 Å². The van der Waals surface area contributed by atoms with Crippen LogP contribution in [0.15, 0.2) is 0 Å². The molecule has 0 aromatic rings. The van der Waals surface area contributed by atoms with Crippen LogP contribution in [0.25, 0.3) is 0 Å². The fraction of sp³-hybridized carbons (Fsp3) is 1.00. The summed E-state index contributed by atoms with van der Waals surface area (Å²) in [6.45, 7) is 11.0. The molecule has 24 nitrogen and oxygen atoms in total. The van der Waals surface area contributed by atoms with Crippen molar-refractivity contribution >= 4 is 118 Å². The minimum Gasteiger partial charge on any atom is -0.379 e. The van der Waals surface area contributed by atoms with Crippen LogP contribution in [0, 0.1) is 35.5 Å². The Morgan fingerprint density at radius 1 is 0.286 bits per heavy atom. The maximum Gasteiger partial charge on any atom is 0.319 e. The first kappa shape index (κ1) is 99.4. The Hall–Kier alpha value is 11.2. The van der Waals surface area contributed by atoms with Crippen molar-refractivity contribution in [3.63, 3.8) is 0 Å². The number of hydrogen-bond donors (Lipinski definition) is 0. The first-order valence-electron chi connectivity index (χ1n) is 24.6. The van der Waals surface area contributed by atoms with Crippen LogP contribution >= 0.6 is 49.5 Å². The van der Waals surface area contributed by atoms with E-state index >= 15 is 0 Å². The van der Waals surface area contributed by atoms with E-state index in [4.69, 9.17) is 129 Å². The summed E-state index contributed by atoms with van der Waals surface area (Å²) in [7, 11) is 21.6. The van der Waals surface area contributed by atoms with Gasteiger partial charge in [0.2, 0.25) is 0 Å². The molecule has 0 saturated carbocycles. The van der Waals surface area contributed by atoms with Crippen molar-refractivity contribution in [2.24, 2.45) is 35.5 Å². The van der Waals surface area contributed by atoms with E-state index in [0.717, 1.165) is 0 Å². The molecule has 0 aromatic heterocycles. The third-order valence-corrected chi connectivity index (χ3v) is 19.8. The summed E-state index contributed by atoms with van der Waals surface area (Å²) in [4.78, 5) is 0. The average Bonchev–Trinajstić information content (AvgIpc) is 4.16. The van der Waals surface area contributed by atoms with Gasteiger partial charge in [0.25, 0.3) is 0 Å². The van der Waals surface area contributed by atoms with Gasteiger partial charge in [0, 0.05) is 389 Å². The molecule has 0 amide bonds. The van der Waals surface area contributed by atoms with Gasteiger partial charge in [-0.25, -0.2) is 0 Å². The zero-order valence-corrected chi connectivity index (χ0v) is 78.8. The zero-order valence-electron chi connectivity index (χ0n) is 47.3. The monoisotopic (exact) mass is 1960 g/mol. The molecule has 0 aromatic carbocycles. The average molecular weight is 1960 g/mol. The molecule has 24 radical (unpaired) electrons. The van der Waals surface area contributed by atoms with Crippen LogP contribution < -0.4 is 0 Å². The molecule has 84 heavy (non-hydrogen) atoms. The van der Waals surface area contributed by atoms with Crippen LogP contribution in [-0.4, -0.2) is 217 Å². The Morgan fingerprint density at radius 3 is 0.833 bits per heavy atom. The van der Waals surface area contributed by atoms with E-state index in [0.29, 0.717) is 0 Å². The maximum atomic E-state index is 12.2. The van der Waals surface area contributed by atoms with Crippen molar-refractivity contribution in [3.05, 3.63) is 0 Å². The van der Waals surface area contributed by atoms with Crippen molar-refractivity contribution in [3.8, 4) is 0 Å². The van der Waals surface area contributed by atoms with E-state index in [1.165, 1.54) is 21.5 Å². The van der Waals surface area contributed by atoms with Gasteiger partial charge in [-0.2, -0.15) is 0 Å². The molecule has 0 spiro atoms. The van der Waals surface area contributed by atoms with Crippen molar-refractivity contribution in [1.29, 1.82) is 0 Å². The normalized spacial score (nSPS) is 46.2. The van der Waals surface area contributed by atoms with E-state index < -0.39 is 153 Å². The van der Waals surface area contributed by atoms with Crippen molar-refractivity contribution < 1.29 is 404 Å². The fourth-order valence-corrected chi connectivity index (χ4v) is 15.6. The predicted molar refractivity (Wildman–Crippen MR) is 278 cm³/mol. The Labute approximate surface area is 734 Å². The standard InChI is InChI=1S/3C12H20B3O8P2.9Y/c1-5-9-7(20-11(5)13)3-18-25(17)23-10-6(2)12(15-14)21-8(10)4-19-24(16)22-9;1-5-7-3-18-24(16)22-9-6(2)11(13)20-8(9)4-19-25(17)23-10(5)12(15-14)21-7;1-5-7-3-18-25(17)23-10-6(2)8(21-12(10)15-14)4-19-24(16)22-9(5)11(13)20-7;;;;;;;;;/h3*5-12,24-25H,3-4H2,1-2H3;;;;;;;;;/t5?,6-,7+,8+,9+,10?,11+,12+;5?,6?,7-,8-,9-,10+,11-,12-;5-,6?,7+,8+,9?,10-,11+,12+;;;;;;;;;/m010........./s1. The van der Waals surface area contributed by atoms with Crippen LogP contribution in [0.5, 0.6) is 0 Å². The van der Waals surface area contributed by atoms with Crippen LogP contribution in [0.4, 0.5) is 0 Å². The molecule has 6 bridgehead atoms. The van der Waals surface area contributed by atoms with Gasteiger partial charge in [0.15, 0.2) is 0 Å². The van der Waals surface area contributed by atoms with Gasteiger partial charge < -0.3 is 82.7 Å². The molecule has 30 atom stereocenters. The number of rotatable bonds is 3. The van der Waals surface area contributed by atoms with Gasteiger partial charge in [0.05, 0.1) is 116 Å². The second-order valence-electron chi connectivity index (χ2n) is 19.4. The molecule has 48 heteroatoms. The molecule has 0 aliphatic carbocycles. The van der Waals surface area contributed by atoms with Gasteiger partial charge in [-0.3, -0.25) is 27.4 Å². The number of hydrogen-bond acceptors (Lipinski definition) is 24. The zero-order chi connectivity index (χ0) is 54.4. The third kappa shape index (κ3) is 28.3. The second kappa shape index (κ2) is 49.8. The third-order valence-electron chi connectivity index (χ3n) is 14.6. The Balaban J connectivity index is -0.00000111. The van der Waals surface area contributed by atoms with Crippen molar-refractivity contribution in [1.82, 2.24) is 0 Å². The van der Waals surface area contributed by atoms with Crippen molar-refractivity contribution in [2.75, 3.05) is 39.6 Å². The topological polar surface area (TPSA) is 269 Å². The quantitative estimate of drug-likeness (QED) is 0.279. The van der Waals surface area contributed by atoms with E-state index in [-0.39, 0.29) is 376 Å². The fourth-order valence-electron chi connectivity index (χ4n) is 9.88. The van der Waals surface area contributed by atoms with Gasteiger partial charge in [-0.05, 0) is 0 Å². The van der Waals surface area contributed by atoms with Crippen LogP contribution in [0.1, 0.15) is 41.5 Å². The maximum absolute atomic E-state index is 12.2. The SMILES string of the molecule is [B][B][C@@H]1O[C@@H]2CO[PH](=O)OC3[C@H]([B])O[C@H](CO[PH](=O)O[C@H]1C2C)[C@@H]3C.[B][B][C@@H]1O[C@@H]2CO[PH](=O)O[C@@H]3C(C)[C@H]([B])O[C@@H]3CO[PH](=O)OC2[C@@H]1C.[B][B][C@@H]1O[C@@H]2CO[PH](=O)O[C@@H]3C(C)[C@H]([B])O[C@@H]3CO[PH](=O)O[C@H]1C2C.[Y].[Y].[Y].[Y].[Y].[Y].[Y].[Y].[Y]. The summed E-state index contributed by atoms with van der Waals surface area (Å²) >= 11 is 0. The minimum atomic E-state index is -2.82. The molecule has 12 unspecified atom stereocenters. The molecule has 432 valence electrons. The van der Waals surface area contributed by atoms with Gasteiger partial charge >= 0.3 is 49.5 Å². The first-order chi connectivity index (χ1) is 35.7.